The Morgan fingerprint density at radius 2 is 2.03 bits per heavy atom. The van der Waals surface area contributed by atoms with E-state index in [0.717, 1.165) is 19.3 Å². The number of piperidine rings is 3. The van der Waals surface area contributed by atoms with Crippen LogP contribution in [-0.2, 0) is 14.4 Å². The molecule has 3 aliphatic heterocycles. The maximum atomic E-state index is 12.9. The van der Waals surface area contributed by atoms with Crippen LogP contribution in [0.1, 0.15) is 43.1 Å². The molecule has 10 nitrogen and oxygen atoms in total. The van der Waals surface area contributed by atoms with E-state index in [4.69, 9.17) is 9.90 Å². The minimum absolute atomic E-state index is 0.0552. The number of hydrogen-bond donors (Lipinski definition) is 2. The number of nitrogens with one attached hydrogen (secondary N) is 1. The van der Waals surface area contributed by atoms with Crippen LogP contribution in [0, 0.1) is 11.8 Å². The molecule has 3 aliphatic rings. The van der Waals surface area contributed by atoms with Gasteiger partial charge in [-0.3, -0.25) is 24.2 Å². The highest BCUT2D eigenvalue weighted by atomic mass is 16.3. The van der Waals surface area contributed by atoms with Gasteiger partial charge in [0.1, 0.15) is 5.69 Å². The van der Waals surface area contributed by atoms with Crippen molar-refractivity contribution in [1.82, 2.24) is 25.1 Å². The predicted octanol–water partition coefficient (Wildman–Crippen LogP) is 0.155. The number of nitrogens with zero attached hydrogens (tertiary/aromatic N) is 4. The predicted molar refractivity (Wildman–Crippen MR) is 105 cm³/mol. The van der Waals surface area contributed by atoms with Gasteiger partial charge in [-0.05, 0) is 31.1 Å². The second-order valence-corrected chi connectivity index (χ2v) is 7.93. The summed E-state index contributed by atoms with van der Waals surface area (Å²) >= 11 is 0. The Balaban J connectivity index is 0.000000806. The van der Waals surface area contributed by atoms with Crippen LogP contribution < -0.4 is 5.32 Å². The van der Waals surface area contributed by atoms with Crippen LogP contribution in [0.15, 0.2) is 18.6 Å². The normalized spacial score (nSPS) is 27.3. The third kappa shape index (κ3) is 4.58. The molecule has 0 aliphatic carbocycles. The lowest BCUT2D eigenvalue weighted by atomic mass is 9.72. The minimum Gasteiger partial charge on any atom is -0.483 e. The van der Waals surface area contributed by atoms with Crippen LogP contribution in [-0.4, -0.2) is 80.8 Å². The maximum absolute atomic E-state index is 12.9. The van der Waals surface area contributed by atoms with Crippen molar-refractivity contribution in [3.8, 4) is 0 Å². The third-order valence-corrected chi connectivity index (χ3v) is 6.13. The molecule has 1 aromatic rings. The number of rotatable bonds is 3. The van der Waals surface area contributed by atoms with Gasteiger partial charge >= 0.3 is 0 Å². The first-order valence-electron chi connectivity index (χ1n) is 10.1. The van der Waals surface area contributed by atoms with Crippen molar-refractivity contribution in [2.24, 2.45) is 11.8 Å². The number of aromatic nitrogens is 2. The van der Waals surface area contributed by atoms with E-state index in [9.17, 15) is 14.4 Å². The lowest BCUT2D eigenvalue weighted by molar-refractivity contribution is -0.151. The Hall–Kier alpha value is -3.04. The highest BCUT2D eigenvalue weighted by Crippen LogP contribution is 2.41. The first kappa shape index (κ1) is 21.7. The minimum atomic E-state index is -0.250. The van der Waals surface area contributed by atoms with E-state index >= 15 is 0 Å². The largest absolute Gasteiger partial charge is 0.483 e. The van der Waals surface area contributed by atoms with Crippen molar-refractivity contribution >= 4 is 24.2 Å². The molecule has 30 heavy (non-hydrogen) atoms. The Kier molecular flexibility index (Phi) is 6.96. The Labute approximate surface area is 174 Å². The lowest BCUT2D eigenvalue weighted by Crippen LogP contribution is -2.67. The van der Waals surface area contributed by atoms with Gasteiger partial charge in [-0.2, -0.15) is 0 Å². The average molecular weight is 417 g/mol. The van der Waals surface area contributed by atoms with Gasteiger partial charge in [-0.25, -0.2) is 4.98 Å². The van der Waals surface area contributed by atoms with Crippen LogP contribution in [0.2, 0.25) is 0 Å². The molecule has 0 spiro atoms. The molecule has 2 N–H and O–H groups in total. The van der Waals surface area contributed by atoms with Crippen molar-refractivity contribution in [3.05, 3.63) is 24.3 Å². The van der Waals surface area contributed by atoms with Gasteiger partial charge in [0.2, 0.25) is 11.8 Å². The molecule has 0 unspecified atom stereocenters. The summed E-state index contributed by atoms with van der Waals surface area (Å²) in [5.74, 6) is 0.426. The fourth-order valence-corrected chi connectivity index (χ4v) is 5.02. The van der Waals surface area contributed by atoms with Crippen LogP contribution in [0.25, 0.3) is 0 Å². The van der Waals surface area contributed by atoms with Crippen molar-refractivity contribution in [2.45, 2.75) is 44.7 Å². The SMILES string of the molecule is CC(=O)NC[C@H]1[C@H]2C[C@H](CN(C(=O)c3cnccn3)C2)[C@@H]2CCCC(=O)N21.O=CO. The summed E-state index contributed by atoms with van der Waals surface area (Å²) in [4.78, 5) is 57.4. The molecule has 3 fully saturated rings. The summed E-state index contributed by atoms with van der Waals surface area (Å²) < 4.78 is 0. The van der Waals surface area contributed by atoms with E-state index in [-0.39, 0.29) is 48.1 Å². The smallest absolute Gasteiger partial charge is 0.290 e. The molecule has 162 valence electrons. The van der Waals surface area contributed by atoms with E-state index in [0.29, 0.717) is 31.7 Å². The van der Waals surface area contributed by atoms with Crippen LogP contribution in [0.3, 0.4) is 0 Å². The number of hydrogen-bond acceptors (Lipinski definition) is 6. The molecule has 10 heteroatoms. The Morgan fingerprint density at radius 1 is 1.30 bits per heavy atom. The van der Waals surface area contributed by atoms with E-state index in [2.05, 4.69) is 15.3 Å². The number of fused-ring (bicyclic) bond motifs is 4. The van der Waals surface area contributed by atoms with E-state index < -0.39 is 0 Å². The maximum Gasteiger partial charge on any atom is 0.290 e. The summed E-state index contributed by atoms with van der Waals surface area (Å²) in [6.07, 6.45) is 8.00. The summed E-state index contributed by atoms with van der Waals surface area (Å²) in [6, 6.07) is 0.0964. The first-order chi connectivity index (χ1) is 14.5. The van der Waals surface area contributed by atoms with Gasteiger partial charge in [-0.1, -0.05) is 0 Å². The summed E-state index contributed by atoms with van der Waals surface area (Å²) in [7, 11) is 0. The number of likely N-dealkylation sites (tertiary alicyclic amines) is 1. The molecule has 0 saturated carbocycles. The second kappa shape index (κ2) is 9.64. The molecule has 2 bridgehead atoms. The summed E-state index contributed by atoms with van der Waals surface area (Å²) in [6.45, 7) is 2.91. The number of amides is 3. The molecule has 4 atom stereocenters. The standard InChI is InChI=1S/C19H25N5O3.CH2O2/c1-12(25)22-9-17-14-7-13(16-3-2-4-18(26)24(16)17)10-23(11-14)19(27)15-8-20-5-6-21-15;2-1-3/h5-6,8,13-14,16-17H,2-4,7,9-11H2,1H3,(H,22,25);1H,(H,2,3)/t13-,14+,16+,17+;/m1./s1. The molecular formula is C20H27N5O5. The van der Waals surface area contributed by atoms with E-state index in [1.165, 1.54) is 19.3 Å². The van der Waals surface area contributed by atoms with Gasteiger partial charge in [0.05, 0.1) is 12.2 Å². The monoisotopic (exact) mass is 417 g/mol. The third-order valence-electron chi connectivity index (χ3n) is 6.13. The van der Waals surface area contributed by atoms with E-state index in [1.54, 1.807) is 6.20 Å². The zero-order valence-corrected chi connectivity index (χ0v) is 16.9. The fraction of sp³-hybridized carbons (Fsp3) is 0.600. The highest BCUT2D eigenvalue weighted by molar-refractivity contribution is 5.92. The number of carbonyl (C=O) groups is 4. The van der Waals surface area contributed by atoms with Gasteiger partial charge in [-0.15, -0.1) is 0 Å². The quantitative estimate of drug-likeness (QED) is 0.669. The molecule has 0 radical (unpaired) electrons. The van der Waals surface area contributed by atoms with Gasteiger partial charge in [0, 0.05) is 51.4 Å². The van der Waals surface area contributed by atoms with Crippen molar-refractivity contribution in [3.63, 3.8) is 0 Å². The van der Waals surface area contributed by atoms with Crippen molar-refractivity contribution in [1.29, 1.82) is 0 Å². The molecule has 1 aromatic heterocycles. The molecular weight excluding hydrogens is 390 g/mol. The molecule has 4 rings (SSSR count). The molecule has 4 heterocycles. The Bertz CT molecular complexity index is 789. The van der Waals surface area contributed by atoms with Crippen molar-refractivity contribution in [2.75, 3.05) is 19.6 Å². The average Bonchev–Trinajstić information content (AvgIpc) is 2.74. The van der Waals surface area contributed by atoms with Crippen molar-refractivity contribution < 1.29 is 24.3 Å². The molecule has 3 amide bonds. The zero-order valence-electron chi connectivity index (χ0n) is 16.9. The topological polar surface area (TPSA) is 133 Å². The lowest BCUT2D eigenvalue weighted by Gasteiger charge is -2.56. The fourth-order valence-electron chi connectivity index (χ4n) is 5.02. The van der Waals surface area contributed by atoms with Gasteiger partial charge in [0.15, 0.2) is 0 Å². The van der Waals surface area contributed by atoms with Crippen LogP contribution in [0.5, 0.6) is 0 Å². The summed E-state index contributed by atoms with van der Waals surface area (Å²) in [5.41, 5.74) is 0.354. The molecule has 0 aromatic carbocycles. The zero-order chi connectivity index (χ0) is 21.7. The van der Waals surface area contributed by atoms with Gasteiger partial charge in [0.25, 0.3) is 12.4 Å². The van der Waals surface area contributed by atoms with Crippen LogP contribution in [0.4, 0.5) is 0 Å². The first-order valence-corrected chi connectivity index (χ1v) is 10.1. The van der Waals surface area contributed by atoms with Crippen LogP contribution >= 0.6 is 0 Å². The highest BCUT2D eigenvalue weighted by Gasteiger charge is 2.50. The van der Waals surface area contributed by atoms with E-state index in [1.807, 2.05) is 9.80 Å². The number of carbonyl (C=O) groups excluding carboxylic acids is 3. The number of carboxylic acid groups (broad SMARTS) is 1. The second-order valence-electron chi connectivity index (χ2n) is 7.93. The molecule has 3 saturated heterocycles. The van der Waals surface area contributed by atoms with Gasteiger partial charge < -0.3 is 20.2 Å². The Morgan fingerprint density at radius 3 is 2.70 bits per heavy atom. The summed E-state index contributed by atoms with van der Waals surface area (Å²) in [5, 5.41) is 9.78.